The molecule has 0 saturated carbocycles. The van der Waals surface area contributed by atoms with Crippen LogP contribution in [0.3, 0.4) is 0 Å². The maximum atomic E-state index is 11.0. The van der Waals surface area contributed by atoms with Crippen molar-refractivity contribution in [3.63, 3.8) is 0 Å². The van der Waals surface area contributed by atoms with Gasteiger partial charge in [-0.3, -0.25) is 10.1 Å². The van der Waals surface area contributed by atoms with Crippen molar-refractivity contribution >= 4 is 34.6 Å². The van der Waals surface area contributed by atoms with Crippen molar-refractivity contribution in [2.45, 2.75) is 13.5 Å². The number of hydrogen-bond acceptors (Lipinski definition) is 3. The van der Waals surface area contributed by atoms with Crippen LogP contribution in [0.2, 0.25) is 10.0 Å². The molecule has 0 unspecified atom stereocenters. The molecule has 0 atom stereocenters. The topological polar surface area (TPSA) is 55.2 Å². The quantitative estimate of drug-likeness (QED) is 0.650. The van der Waals surface area contributed by atoms with E-state index in [1.807, 2.05) is 19.1 Å². The predicted molar refractivity (Wildman–Crippen MR) is 81.6 cm³/mol. The first-order chi connectivity index (χ1) is 9.49. The number of hydrogen-bond donors (Lipinski definition) is 1. The molecule has 0 aromatic heterocycles. The first kappa shape index (κ1) is 14.6. The third-order valence-electron chi connectivity index (χ3n) is 2.92. The van der Waals surface area contributed by atoms with Crippen molar-refractivity contribution in [3.05, 3.63) is 67.7 Å². The van der Waals surface area contributed by atoms with Crippen LogP contribution < -0.4 is 5.32 Å². The number of para-hydroxylation sites is 1. The summed E-state index contributed by atoms with van der Waals surface area (Å²) in [6, 6.07) is 10.0. The summed E-state index contributed by atoms with van der Waals surface area (Å²) in [6.07, 6.45) is 0. The van der Waals surface area contributed by atoms with Gasteiger partial charge in [-0.1, -0.05) is 35.3 Å². The number of aryl methyl sites for hydroxylation is 1. The van der Waals surface area contributed by atoms with E-state index in [2.05, 4.69) is 5.32 Å². The van der Waals surface area contributed by atoms with Crippen LogP contribution in [0.25, 0.3) is 0 Å². The number of halogens is 2. The molecule has 0 spiro atoms. The Balaban J connectivity index is 2.27. The summed E-state index contributed by atoms with van der Waals surface area (Å²) in [4.78, 5) is 10.6. The van der Waals surface area contributed by atoms with Gasteiger partial charge < -0.3 is 5.32 Å². The standard InChI is InChI=1S/C14H12Cl2N2O2/c1-9-3-2-4-12(16)14(9)17-8-10-7-11(15)5-6-13(10)18(19)20/h2-7,17H,8H2,1H3. The lowest BCUT2D eigenvalue weighted by Crippen LogP contribution is -2.04. The monoisotopic (exact) mass is 310 g/mol. The molecule has 1 N–H and O–H groups in total. The van der Waals surface area contributed by atoms with E-state index in [9.17, 15) is 10.1 Å². The molecule has 0 radical (unpaired) electrons. The Morgan fingerprint density at radius 3 is 2.65 bits per heavy atom. The molecule has 0 aliphatic heterocycles. The average Bonchev–Trinajstić information content (AvgIpc) is 2.37. The molecule has 0 aliphatic carbocycles. The van der Waals surface area contributed by atoms with Gasteiger partial charge >= 0.3 is 0 Å². The molecule has 2 rings (SSSR count). The van der Waals surface area contributed by atoms with Gasteiger partial charge in [0.15, 0.2) is 0 Å². The van der Waals surface area contributed by atoms with Crippen LogP contribution in [0.4, 0.5) is 11.4 Å². The van der Waals surface area contributed by atoms with E-state index in [1.165, 1.54) is 12.1 Å². The van der Waals surface area contributed by atoms with E-state index in [1.54, 1.807) is 12.1 Å². The molecule has 20 heavy (non-hydrogen) atoms. The normalized spacial score (nSPS) is 10.3. The second kappa shape index (κ2) is 6.11. The first-order valence-electron chi connectivity index (χ1n) is 5.91. The van der Waals surface area contributed by atoms with E-state index in [0.717, 1.165) is 11.3 Å². The molecule has 0 amide bonds. The van der Waals surface area contributed by atoms with E-state index >= 15 is 0 Å². The van der Waals surface area contributed by atoms with Crippen molar-refractivity contribution in [3.8, 4) is 0 Å². The van der Waals surface area contributed by atoms with Crippen LogP contribution in [0.1, 0.15) is 11.1 Å². The van der Waals surface area contributed by atoms with Crippen LogP contribution in [0, 0.1) is 17.0 Å². The summed E-state index contributed by atoms with van der Waals surface area (Å²) < 4.78 is 0. The summed E-state index contributed by atoms with van der Waals surface area (Å²) in [5, 5.41) is 15.2. The zero-order valence-electron chi connectivity index (χ0n) is 10.7. The zero-order valence-corrected chi connectivity index (χ0v) is 12.2. The zero-order chi connectivity index (χ0) is 14.7. The fourth-order valence-electron chi connectivity index (χ4n) is 1.91. The number of rotatable bonds is 4. The molecule has 0 heterocycles. The molecule has 2 aromatic carbocycles. The smallest absolute Gasteiger partial charge is 0.274 e. The Labute approximate surface area is 126 Å². The highest BCUT2D eigenvalue weighted by atomic mass is 35.5. The van der Waals surface area contributed by atoms with Crippen molar-refractivity contribution in [1.29, 1.82) is 0 Å². The second-order valence-electron chi connectivity index (χ2n) is 4.32. The van der Waals surface area contributed by atoms with Gasteiger partial charge in [-0.15, -0.1) is 0 Å². The Hall–Kier alpha value is -1.78. The minimum atomic E-state index is -0.424. The number of nitro groups is 1. The van der Waals surface area contributed by atoms with Crippen molar-refractivity contribution in [1.82, 2.24) is 0 Å². The highest BCUT2D eigenvalue weighted by molar-refractivity contribution is 6.33. The Morgan fingerprint density at radius 2 is 2.00 bits per heavy atom. The molecule has 2 aromatic rings. The largest absolute Gasteiger partial charge is 0.379 e. The highest BCUT2D eigenvalue weighted by Crippen LogP contribution is 2.28. The minimum absolute atomic E-state index is 0.0339. The Kier molecular flexibility index (Phi) is 4.47. The third-order valence-corrected chi connectivity index (χ3v) is 3.47. The summed E-state index contributed by atoms with van der Waals surface area (Å²) in [5.74, 6) is 0. The van der Waals surface area contributed by atoms with Gasteiger partial charge in [0, 0.05) is 17.6 Å². The molecule has 0 fully saturated rings. The summed E-state index contributed by atoms with van der Waals surface area (Å²) >= 11 is 12.0. The van der Waals surface area contributed by atoms with Crippen LogP contribution >= 0.6 is 23.2 Å². The van der Waals surface area contributed by atoms with Crippen LogP contribution in [-0.2, 0) is 6.54 Å². The Morgan fingerprint density at radius 1 is 1.25 bits per heavy atom. The van der Waals surface area contributed by atoms with Gasteiger partial charge in [0.2, 0.25) is 0 Å². The highest BCUT2D eigenvalue weighted by Gasteiger charge is 2.14. The summed E-state index contributed by atoms with van der Waals surface area (Å²) in [5.41, 5.74) is 2.29. The van der Waals surface area contributed by atoms with E-state index < -0.39 is 4.92 Å². The number of nitrogens with one attached hydrogen (secondary N) is 1. The summed E-state index contributed by atoms with van der Waals surface area (Å²) in [7, 11) is 0. The molecule has 0 saturated heterocycles. The average molecular weight is 311 g/mol. The van der Waals surface area contributed by atoms with Gasteiger partial charge in [-0.2, -0.15) is 0 Å². The van der Waals surface area contributed by atoms with Gasteiger partial charge in [0.1, 0.15) is 0 Å². The lowest BCUT2D eigenvalue weighted by molar-refractivity contribution is -0.385. The van der Waals surface area contributed by atoms with Gasteiger partial charge in [0.05, 0.1) is 21.2 Å². The summed E-state index contributed by atoms with van der Waals surface area (Å²) in [6.45, 7) is 2.20. The maximum absolute atomic E-state index is 11.0. The van der Waals surface area contributed by atoms with Crippen LogP contribution in [0.15, 0.2) is 36.4 Å². The van der Waals surface area contributed by atoms with Crippen LogP contribution in [-0.4, -0.2) is 4.92 Å². The Bertz CT molecular complexity index is 639. The molecule has 4 nitrogen and oxygen atoms in total. The molecular weight excluding hydrogens is 299 g/mol. The maximum Gasteiger partial charge on any atom is 0.274 e. The van der Waals surface area contributed by atoms with E-state index in [-0.39, 0.29) is 12.2 Å². The lowest BCUT2D eigenvalue weighted by Gasteiger charge is -2.11. The number of nitro benzene ring substituents is 1. The fourth-order valence-corrected chi connectivity index (χ4v) is 2.40. The first-order valence-corrected chi connectivity index (χ1v) is 6.66. The number of anilines is 1. The van der Waals surface area contributed by atoms with Crippen molar-refractivity contribution in [2.75, 3.05) is 5.32 Å². The SMILES string of the molecule is Cc1cccc(Cl)c1NCc1cc(Cl)ccc1[N+](=O)[O-]. The van der Waals surface area contributed by atoms with E-state index in [4.69, 9.17) is 23.2 Å². The van der Waals surface area contributed by atoms with E-state index in [0.29, 0.717) is 15.6 Å². The molecule has 104 valence electrons. The molecule has 0 aliphatic rings. The van der Waals surface area contributed by atoms with Crippen LogP contribution in [0.5, 0.6) is 0 Å². The van der Waals surface area contributed by atoms with Crippen molar-refractivity contribution in [2.24, 2.45) is 0 Å². The fraction of sp³-hybridized carbons (Fsp3) is 0.143. The lowest BCUT2D eigenvalue weighted by atomic mass is 10.1. The molecule has 6 heteroatoms. The predicted octanol–water partition coefficient (Wildman–Crippen LogP) is 4.82. The minimum Gasteiger partial charge on any atom is -0.379 e. The number of benzene rings is 2. The second-order valence-corrected chi connectivity index (χ2v) is 5.16. The van der Waals surface area contributed by atoms with Gasteiger partial charge in [0.25, 0.3) is 5.69 Å². The van der Waals surface area contributed by atoms with Crippen molar-refractivity contribution < 1.29 is 4.92 Å². The molecule has 0 bridgehead atoms. The number of nitrogens with zero attached hydrogens (tertiary/aromatic N) is 1. The van der Waals surface area contributed by atoms with Gasteiger partial charge in [-0.05, 0) is 30.7 Å². The van der Waals surface area contributed by atoms with Gasteiger partial charge in [-0.25, -0.2) is 0 Å². The molecular formula is C14H12Cl2N2O2. The third kappa shape index (κ3) is 3.21.